The normalized spacial score (nSPS) is 11.3. The number of hydrogen-bond donors (Lipinski definition) is 1. The number of aryl methyl sites for hydroxylation is 3. The summed E-state index contributed by atoms with van der Waals surface area (Å²) in [5.41, 5.74) is 6.79. The predicted molar refractivity (Wildman–Crippen MR) is 124 cm³/mol. The van der Waals surface area contributed by atoms with E-state index in [9.17, 15) is 4.79 Å². The number of hydrogen-bond acceptors (Lipinski definition) is 1. The van der Waals surface area contributed by atoms with Gasteiger partial charge in [0.25, 0.3) is 5.91 Å². The van der Waals surface area contributed by atoms with Crippen molar-refractivity contribution >= 4 is 33.4 Å². The Morgan fingerprint density at radius 1 is 0.833 bits per heavy atom. The van der Waals surface area contributed by atoms with E-state index in [4.69, 9.17) is 0 Å². The van der Waals surface area contributed by atoms with Crippen molar-refractivity contribution in [2.24, 2.45) is 7.05 Å². The molecule has 0 radical (unpaired) electrons. The van der Waals surface area contributed by atoms with Crippen LogP contribution < -0.4 is 5.32 Å². The van der Waals surface area contributed by atoms with E-state index in [1.165, 1.54) is 11.1 Å². The zero-order valence-corrected chi connectivity index (χ0v) is 17.3. The predicted octanol–water partition coefficient (Wildman–Crippen LogP) is 5.99. The molecule has 0 fully saturated rings. The molecule has 30 heavy (non-hydrogen) atoms. The van der Waals surface area contributed by atoms with E-state index in [1.54, 1.807) is 0 Å². The highest BCUT2D eigenvalue weighted by Crippen LogP contribution is 2.28. The number of carbonyl (C=O) groups excluding carboxylic acids is 1. The molecule has 5 rings (SSSR count). The summed E-state index contributed by atoms with van der Waals surface area (Å²) in [5, 5.41) is 5.29. The second-order valence-electron chi connectivity index (χ2n) is 7.89. The van der Waals surface area contributed by atoms with Gasteiger partial charge in [0.2, 0.25) is 0 Å². The smallest absolute Gasteiger partial charge is 0.272 e. The Balaban J connectivity index is 1.67. The molecule has 1 amide bonds. The molecule has 0 aliphatic heterocycles. The standard InChI is InChI=1S/C26H23N3O/c1-17-13-18(2)15-21(14-17)29-23-10-5-4-7-20(23)16-24(29)26(30)27-22-9-6-8-19-11-12-28(3)25(19)22/h4-16H,1-3H3,(H,27,30). The molecule has 4 nitrogen and oxygen atoms in total. The Kier molecular flexibility index (Phi) is 4.21. The molecule has 0 saturated carbocycles. The van der Waals surface area contributed by atoms with Crippen molar-refractivity contribution in [2.45, 2.75) is 13.8 Å². The summed E-state index contributed by atoms with van der Waals surface area (Å²) in [6.45, 7) is 4.16. The first kappa shape index (κ1) is 18.3. The van der Waals surface area contributed by atoms with E-state index < -0.39 is 0 Å². The van der Waals surface area contributed by atoms with Crippen LogP contribution in [0.1, 0.15) is 21.6 Å². The fourth-order valence-corrected chi connectivity index (χ4v) is 4.32. The lowest BCUT2D eigenvalue weighted by Crippen LogP contribution is -2.17. The summed E-state index contributed by atoms with van der Waals surface area (Å²) in [5.74, 6) is -0.126. The van der Waals surface area contributed by atoms with Crippen molar-refractivity contribution in [1.82, 2.24) is 9.13 Å². The largest absolute Gasteiger partial charge is 0.349 e. The van der Waals surface area contributed by atoms with Gasteiger partial charge in [0.05, 0.1) is 16.7 Å². The molecule has 2 aromatic heterocycles. The van der Waals surface area contributed by atoms with Crippen molar-refractivity contribution in [3.63, 3.8) is 0 Å². The fourth-order valence-electron chi connectivity index (χ4n) is 4.32. The van der Waals surface area contributed by atoms with Gasteiger partial charge in [-0.25, -0.2) is 0 Å². The maximum absolute atomic E-state index is 13.5. The summed E-state index contributed by atoms with van der Waals surface area (Å²) in [6.07, 6.45) is 2.01. The number of benzene rings is 3. The van der Waals surface area contributed by atoms with Gasteiger partial charge < -0.3 is 14.5 Å². The van der Waals surface area contributed by atoms with Gasteiger partial charge in [-0.15, -0.1) is 0 Å². The Hall–Kier alpha value is -3.79. The molecule has 5 aromatic rings. The molecule has 2 heterocycles. The average molecular weight is 393 g/mol. The Morgan fingerprint density at radius 2 is 1.57 bits per heavy atom. The van der Waals surface area contributed by atoms with Crippen LogP contribution >= 0.6 is 0 Å². The van der Waals surface area contributed by atoms with E-state index >= 15 is 0 Å². The first-order valence-electron chi connectivity index (χ1n) is 10.1. The summed E-state index contributed by atoms with van der Waals surface area (Å²) in [4.78, 5) is 13.5. The lowest BCUT2D eigenvalue weighted by Gasteiger charge is -2.14. The van der Waals surface area contributed by atoms with E-state index in [0.717, 1.165) is 33.2 Å². The molecule has 0 aliphatic rings. The van der Waals surface area contributed by atoms with E-state index in [1.807, 2.05) is 54.2 Å². The van der Waals surface area contributed by atoms with Crippen LogP contribution in [0.15, 0.2) is 79.0 Å². The highest BCUT2D eigenvalue weighted by Gasteiger charge is 2.18. The van der Waals surface area contributed by atoms with Gasteiger partial charge in [-0.1, -0.05) is 36.4 Å². The third-order valence-corrected chi connectivity index (χ3v) is 5.55. The minimum Gasteiger partial charge on any atom is -0.349 e. The molecule has 0 spiro atoms. The van der Waals surface area contributed by atoms with Crippen molar-refractivity contribution in [3.05, 3.63) is 95.8 Å². The van der Waals surface area contributed by atoms with Gasteiger partial charge >= 0.3 is 0 Å². The minimum atomic E-state index is -0.126. The van der Waals surface area contributed by atoms with E-state index in [0.29, 0.717) is 5.69 Å². The van der Waals surface area contributed by atoms with Crippen LogP contribution in [0.25, 0.3) is 27.5 Å². The molecule has 3 aromatic carbocycles. The summed E-state index contributed by atoms with van der Waals surface area (Å²) >= 11 is 0. The number of nitrogens with zero attached hydrogens (tertiary/aromatic N) is 2. The third kappa shape index (κ3) is 2.98. The number of fused-ring (bicyclic) bond motifs is 2. The van der Waals surface area contributed by atoms with Crippen LogP contribution in [-0.4, -0.2) is 15.0 Å². The fraction of sp³-hybridized carbons (Fsp3) is 0.115. The number of nitrogens with one attached hydrogen (secondary N) is 1. The number of anilines is 1. The second-order valence-corrected chi connectivity index (χ2v) is 7.89. The van der Waals surface area contributed by atoms with Crippen LogP contribution in [0.2, 0.25) is 0 Å². The minimum absolute atomic E-state index is 0.126. The highest BCUT2D eigenvalue weighted by molar-refractivity contribution is 6.10. The first-order valence-corrected chi connectivity index (χ1v) is 10.1. The van der Waals surface area contributed by atoms with Crippen molar-refractivity contribution < 1.29 is 4.79 Å². The molecule has 4 heteroatoms. The third-order valence-electron chi connectivity index (χ3n) is 5.55. The van der Waals surface area contributed by atoms with Crippen LogP contribution in [-0.2, 0) is 7.05 Å². The molecular formula is C26H23N3O. The number of amides is 1. The highest BCUT2D eigenvalue weighted by atomic mass is 16.2. The number of carbonyl (C=O) groups is 1. The summed E-state index contributed by atoms with van der Waals surface area (Å²) < 4.78 is 4.08. The van der Waals surface area contributed by atoms with Gasteiger partial charge in [-0.2, -0.15) is 0 Å². The van der Waals surface area contributed by atoms with Crippen LogP contribution in [0.4, 0.5) is 5.69 Å². The summed E-state index contributed by atoms with van der Waals surface area (Å²) in [6, 6.07) is 24.5. The van der Waals surface area contributed by atoms with Gasteiger partial charge in [0.15, 0.2) is 0 Å². The van der Waals surface area contributed by atoms with E-state index in [2.05, 4.69) is 60.1 Å². The van der Waals surface area contributed by atoms with Crippen LogP contribution in [0.3, 0.4) is 0 Å². The van der Waals surface area contributed by atoms with Gasteiger partial charge in [-0.3, -0.25) is 4.79 Å². The average Bonchev–Trinajstić information content (AvgIpc) is 3.29. The number of para-hydroxylation sites is 2. The lowest BCUT2D eigenvalue weighted by atomic mass is 10.1. The maximum atomic E-state index is 13.5. The Bertz CT molecular complexity index is 1400. The van der Waals surface area contributed by atoms with Crippen molar-refractivity contribution in [1.29, 1.82) is 0 Å². The van der Waals surface area contributed by atoms with E-state index in [-0.39, 0.29) is 5.91 Å². The molecule has 0 atom stereocenters. The molecule has 1 N–H and O–H groups in total. The molecule has 0 unspecified atom stereocenters. The lowest BCUT2D eigenvalue weighted by molar-refractivity contribution is 0.102. The molecular weight excluding hydrogens is 370 g/mol. The zero-order valence-electron chi connectivity index (χ0n) is 17.3. The monoisotopic (exact) mass is 393 g/mol. The van der Waals surface area contributed by atoms with Crippen molar-refractivity contribution in [2.75, 3.05) is 5.32 Å². The summed E-state index contributed by atoms with van der Waals surface area (Å²) in [7, 11) is 1.99. The topological polar surface area (TPSA) is 39.0 Å². The molecule has 0 saturated heterocycles. The van der Waals surface area contributed by atoms with Crippen LogP contribution in [0, 0.1) is 13.8 Å². The zero-order chi connectivity index (χ0) is 20.8. The molecule has 148 valence electrons. The number of aromatic nitrogens is 2. The maximum Gasteiger partial charge on any atom is 0.272 e. The molecule has 0 bridgehead atoms. The van der Waals surface area contributed by atoms with Gasteiger partial charge in [-0.05, 0) is 61.4 Å². The Morgan fingerprint density at radius 3 is 2.37 bits per heavy atom. The first-order chi connectivity index (χ1) is 14.5. The van der Waals surface area contributed by atoms with Crippen LogP contribution in [0.5, 0.6) is 0 Å². The second kappa shape index (κ2) is 6.92. The van der Waals surface area contributed by atoms with Gasteiger partial charge in [0, 0.05) is 29.7 Å². The van der Waals surface area contributed by atoms with Gasteiger partial charge in [0.1, 0.15) is 5.69 Å². The molecule has 0 aliphatic carbocycles. The Labute approximate surface area is 175 Å². The quantitative estimate of drug-likeness (QED) is 0.402. The van der Waals surface area contributed by atoms with Crippen molar-refractivity contribution in [3.8, 4) is 5.69 Å². The number of rotatable bonds is 3. The SMILES string of the molecule is Cc1cc(C)cc(-n2c(C(=O)Nc3cccc4ccn(C)c34)cc3ccccc32)c1.